The van der Waals surface area contributed by atoms with Crippen molar-refractivity contribution in [2.24, 2.45) is 0 Å². The number of hydrogen-bond acceptors (Lipinski definition) is 2. The van der Waals surface area contributed by atoms with Gasteiger partial charge >= 0.3 is 0 Å². The van der Waals surface area contributed by atoms with Gasteiger partial charge in [-0.2, -0.15) is 0 Å². The summed E-state index contributed by atoms with van der Waals surface area (Å²) in [5, 5.41) is 0.811. The summed E-state index contributed by atoms with van der Waals surface area (Å²) < 4.78 is 0. The zero-order valence-corrected chi connectivity index (χ0v) is 12.4. The van der Waals surface area contributed by atoms with Crippen molar-refractivity contribution in [2.45, 2.75) is 32.0 Å². The summed E-state index contributed by atoms with van der Waals surface area (Å²) in [6, 6.07) is 8.48. The summed E-state index contributed by atoms with van der Waals surface area (Å²) in [6.07, 6.45) is 3.91. The lowest BCUT2D eigenvalue weighted by atomic mass is 10.1. The smallest absolute Gasteiger partial charge is 0.159 e. The number of aryl methyl sites for hydroxylation is 2. The normalized spacial score (nSPS) is 10.6. The van der Waals surface area contributed by atoms with E-state index in [0.29, 0.717) is 0 Å². The molecule has 1 heterocycles. The molecule has 0 amide bonds. The predicted octanol–water partition coefficient (Wildman–Crippen LogP) is 4.16. The third kappa shape index (κ3) is 2.78. The van der Waals surface area contributed by atoms with Crippen LogP contribution in [0.5, 0.6) is 0 Å². The molecule has 1 aromatic carbocycles. The second kappa shape index (κ2) is 6.10. The van der Waals surface area contributed by atoms with Crippen LogP contribution in [0.25, 0.3) is 11.4 Å². The molecule has 3 heteroatoms. The first-order valence-electron chi connectivity index (χ1n) is 6.28. The van der Waals surface area contributed by atoms with Crippen LogP contribution >= 0.6 is 15.9 Å². The highest BCUT2D eigenvalue weighted by Gasteiger charge is 2.06. The molecule has 2 aromatic rings. The third-order valence-electron chi connectivity index (χ3n) is 3.05. The zero-order valence-electron chi connectivity index (χ0n) is 10.8. The summed E-state index contributed by atoms with van der Waals surface area (Å²) in [7, 11) is 0. The topological polar surface area (TPSA) is 25.8 Å². The van der Waals surface area contributed by atoms with E-state index in [9.17, 15) is 0 Å². The van der Waals surface area contributed by atoms with Crippen molar-refractivity contribution in [3.05, 3.63) is 47.3 Å². The fourth-order valence-electron chi connectivity index (χ4n) is 1.89. The highest BCUT2D eigenvalue weighted by Crippen LogP contribution is 2.19. The molecule has 0 spiro atoms. The maximum Gasteiger partial charge on any atom is 0.159 e. The fraction of sp³-hybridized carbons (Fsp3) is 0.333. The maximum atomic E-state index is 4.65. The van der Waals surface area contributed by atoms with Crippen molar-refractivity contribution in [3.8, 4) is 11.4 Å². The molecule has 0 radical (unpaired) electrons. The fourth-order valence-corrected chi connectivity index (χ4v) is 2.36. The molecule has 0 unspecified atom stereocenters. The highest BCUT2D eigenvalue weighted by atomic mass is 79.9. The van der Waals surface area contributed by atoms with Gasteiger partial charge in [-0.25, -0.2) is 9.97 Å². The lowest BCUT2D eigenvalue weighted by Crippen LogP contribution is -1.99. The van der Waals surface area contributed by atoms with Crippen molar-refractivity contribution in [3.63, 3.8) is 0 Å². The van der Waals surface area contributed by atoms with Crippen molar-refractivity contribution in [1.29, 1.82) is 0 Å². The molecule has 0 atom stereocenters. The number of rotatable bonds is 4. The molecule has 2 rings (SSSR count). The van der Waals surface area contributed by atoms with Crippen LogP contribution in [0.1, 0.15) is 30.7 Å². The third-order valence-corrected chi connectivity index (χ3v) is 3.66. The van der Waals surface area contributed by atoms with E-state index in [1.807, 2.05) is 6.20 Å². The molecule has 0 N–H and O–H groups in total. The van der Waals surface area contributed by atoms with Crippen LogP contribution in [0.3, 0.4) is 0 Å². The van der Waals surface area contributed by atoms with E-state index in [-0.39, 0.29) is 0 Å². The quantitative estimate of drug-likeness (QED) is 0.793. The van der Waals surface area contributed by atoms with Crippen LogP contribution in [-0.2, 0) is 18.2 Å². The highest BCUT2D eigenvalue weighted by molar-refractivity contribution is 9.08. The van der Waals surface area contributed by atoms with E-state index >= 15 is 0 Å². The number of aromatic nitrogens is 2. The van der Waals surface area contributed by atoms with Gasteiger partial charge in [0.05, 0.1) is 0 Å². The van der Waals surface area contributed by atoms with Gasteiger partial charge in [-0.15, -0.1) is 0 Å². The zero-order chi connectivity index (χ0) is 13.0. The number of nitrogens with zero attached hydrogens (tertiary/aromatic N) is 2. The van der Waals surface area contributed by atoms with Crippen LogP contribution in [0.2, 0.25) is 0 Å². The van der Waals surface area contributed by atoms with Gasteiger partial charge in [0.2, 0.25) is 0 Å². The molecule has 0 bridgehead atoms. The van der Waals surface area contributed by atoms with Gasteiger partial charge in [0.15, 0.2) is 5.82 Å². The number of hydrogen-bond donors (Lipinski definition) is 0. The van der Waals surface area contributed by atoms with Gasteiger partial charge in [-0.3, -0.25) is 0 Å². The summed E-state index contributed by atoms with van der Waals surface area (Å²) >= 11 is 3.47. The lowest BCUT2D eigenvalue weighted by molar-refractivity contribution is 0.972. The average Bonchev–Trinajstić information content (AvgIpc) is 2.46. The van der Waals surface area contributed by atoms with Gasteiger partial charge in [0, 0.05) is 28.3 Å². The van der Waals surface area contributed by atoms with E-state index in [2.05, 4.69) is 64.0 Å². The van der Waals surface area contributed by atoms with Crippen molar-refractivity contribution in [1.82, 2.24) is 9.97 Å². The largest absolute Gasteiger partial charge is 0.236 e. The second-order valence-electron chi connectivity index (χ2n) is 4.20. The van der Waals surface area contributed by atoms with Gasteiger partial charge in [-0.1, -0.05) is 54.0 Å². The van der Waals surface area contributed by atoms with Crippen LogP contribution in [0.4, 0.5) is 0 Å². The van der Waals surface area contributed by atoms with Gasteiger partial charge in [0.25, 0.3) is 0 Å². The van der Waals surface area contributed by atoms with Crippen LogP contribution < -0.4 is 0 Å². The summed E-state index contributed by atoms with van der Waals surface area (Å²) in [5.41, 5.74) is 4.72. The Kier molecular flexibility index (Phi) is 4.48. The SMILES string of the molecule is CCc1ccc(-c2ncc(CBr)c(CC)n2)cc1. The Hall–Kier alpha value is -1.22. The van der Waals surface area contributed by atoms with E-state index in [1.54, 1.807) is 0 Å². The molecule has 0 fully saturated rings. The number of halogens is 1. The first kappa shape index (κ1) is 13.2. The monoisotopic (exact) mass is 304 g/mol. The Bertz CT molecular complexity index is 521. The molecule has 0 aliphatic heterocycles. The van der Waals surface area contributed by atoms with Crippen molar-refractivity contribution in [2.75, 3.05) is 0 Å². The predicted molar refractivity (Wildman–Crippen MR) is 78.9 cm³/mol. The lowest BCUT2D eigenvalue weighted by Gasteiger charge is -2.07. The Morgan fingerprint density at radius 1 is 1.06 bits per heavy atom. The van der Waals surface area contributed by atoms with E-state index in [1.165, 1.54) is 11.1 Å². The molecule has 2 nitrogen and oxygen atoms in total. The molecule has 0 saturated carbocycles. The Morgan fingerprint density at radius 2 is 1.78 bits per heavy atom. The molecule has 18 heavy (non-hydrogen) atoms. The molecule has 94 valence electrons. The first-order chi connectivity index (χ1) is 8.78. The molecular weight excluding hydrogens is 288 g/mol. The van der Waals surface area contributed by atoms with Crippen LogP contribution in [0.15, 0.2) is 30.5 Å². The average molecular weight is 305 g/mol. The number of alkyl halides is 1. The van der Waals surface area contributed by atoms with Crippen molar-refractivity contribution < 1.29 is 0 Å². The van der Waals surface area contributed by atoms with Gasteiger partial charge in [-0.05, 0) is 18.4 Å². The van der Waals surface area contributed by atoms with Crippen LogP contribution in [-0.4, -0.2) is 9.97 Å². The van der Waals surface area contributed by atoms with E-state index in [4.69, 9.17) is 0 Å². The first-order valence-corrected chi connectivity index (χ1v) is 7.40. The number of benzene rings is 1. The second-order valence-corrected chi connectivity index (χ2v) is 4.76. The Labute approximate surface area is 117 Å². The van der Waals surface area contributed by atoms with Crippen molar-refractivity contribution >= 4 is 15.9 Å². The molecule has 0 saturated heterocycles. The summed E-state index contributed by atoms with van der Waals surface area (Å²) in [6.45, 7) is 4.28. The molecule has 1 aromatic heterocycles. The van der Waals surface area contributed by atoms with Crippen LogP contribution in [0, 0.1) is 0 Å². The maximum absolute atomic E-state index is 4.65. The van der Waals surface area contributed by atoms with E-state index < -0.39 is 0 Å². The molecular formula is C15H17BrN2. The van der Waals surface area contributed by atoms with E-state index in [0.717, 1.165) is 35.3 Å². The minimum atomic E-state index is 0.811. The molecule has 0 aliphatic rings. The standard InChI is InChI=1S/C15H17BrN2/c1-3-11-5-7-12(8-6-11)15-17-10-13(9-16)14(4-2)18-15/h5-8,10H,3-4,9H2,1-2H3. The Balaban J connectivity index is 2.37. The summed E-state index contributed by atoms with van der Waals surface area (Å²) in [5.74, 6) is 0.819. The molecule has 0 aliphatic carbocycles. The minimum Gasteiger partial charge on any atom is -0.236 e. The summed E-state index contributed by atoms with van der Waals surface area (Å²) in [4.78, 5) is 9.09. The minimum absolute atomic E-state index is 0.811. The Morgan fingerprint density at radius 3 is 2.33 bits per heavy atom. The van der Waals surface area contributed by atoms with Gasteiger partial charge in [0.1, 0.15) is 0 Å². The van der Waals surface area contributed by atoms with Gasteiger partial charge < -0.3 is 0 Å².